The third-order valence-corrected chi connectivity index (χ3v) is 3.93. The van der Waals surface area contributed by atoms with E-state index in [2.05, 4.69) is 36.3 Å². The van der Waals surface area contributed by atoms with Crippen molar-refractivity contribution < 1.29 is 9.18 Å². The van der Waals surface area contributed by atoms with E-state index in [1.807, 2.05) is 0 Å². The number of hydrogen-bond acceptors (Lipinski definition) is 5. The van der Waals surface area contributed by atoms with E-state index in [-0.39, 0.29) is 18.9 Å². The molecule has 1 aromatic carbocycles. The van der Waals surface area contributed by atoms with Crippen molar-refractivity contribution >= 4 is 38.6 Å². The van der Waals surface area contributed by atoms with Crippen LogP contribution in [0.1, 0.15) is 5.69 Å². The predicted molar refractivity (Wildman–Crippen MR) is 94.0 cm³/mol. The van der Waals surface area contributed by atoms with Crippen molar-refractivity contribution in [3.05, 3.63) is 57.2 Å². The maximum Gasteiger partial charge on any atom is 0.275 e. The van der Waals surface area contributed by atoms with Crippen LogP contribution < -0.4 is 10.9 Å². The average Bonchev–Trinajstić information content (AvgIpc) is 2.60. The number of aromatic nitrogens is 4. The Balaban J connectivity index is 1.96. The van der Waals surface area contributed by atoms with Crippen molar-refractivity contribution in [1.29, 1.82) is 0 Å². The highest BCUT2D eigenvalue weighted by Gasteiger charge is 2.14. The minimum absolute atomic E-state index is 0.0574. The number of halogens is 2. The normalized spacial score (nSPS) is 10.8. The zero-order valence-corrected chi connectivity index (χ0v) is 14.5. The molecule has 0 aliphatic heterocycles. The number of nitrogens with one attached hydrogen (secondary N) is 1. The lowest BCUT2D eigenvalue weighted by Crippen LogP contribution is -2.31. The maximum atomic E-state index is 12.8. The van der Waals surface area contributed by atoms with Crippen molar-refractivity contribution in [3.8, 4) is 0 Å². The lowest BCUT2D eigenvalue weighted by atomic mass is 10.1. The van der Waals surface area contributed by atoms with Gasteiger partial charge < -0.3 is 0 Å². The monoisotopic (exact) mass is 405 g/mol. The molecule has 3 rings (SSSR count). The Morgan fingerprint density at radius 3 is 2.72 bits per heavy atom. The minimum Gasteiger partial charge on any atom is -0.293 e. The molecule has 0 aliphatic rings. The van der Waals surface area contributed by atoms with Crippen LogP contribution in [0.3, 0.4) is 0 Å². The Morgan fingerprint density at radius 1 is 1.24 bits per heavy atom. The van der Waals surface area contributed by atoms with Gasteiger partial charge in [-0.3, -0.25) is 19.3 Å². The Morgan fingerprint density at radius 2 is 2.00 bits per heavy atom. The molecule has 0 spiro atoms. The quantitative estimate of drug-likeness (QED) is 0.701. The van der Waals surface area contributed by atoms with Crippen molar-refractivity contribution in [2.75, 3.05) is 12.0 Å². The van der Waals surface area contributed by atoms with Crippen molar-refractivity contribution in [2.24, 2.45) is 0 Å². The number of anilines is 1. The van der Waals surface area contributed by atoms with Crippen LogP contribution >= 0.6 is 15.9 Å². The number of hydrogen-bond donors (Lipinski definition) is 1. The van der Waals surface area contributed by atoms with E-state index in [1.54, 1.807) is 24.3 Å². The van der Waals surface area contributed by atoms with Crippen molar-refractivity contribution in [1.82, 2.24) is 19.7 Å². The third-order valence-electron chi connectivity index (χ3n) is 3.44. The lowest BCUT2D eigenvalue weighted by Gasteiger charge is -2.10. The molecule has 9 heteroatoms. The van der Waals surface area contributed by atoms with Gasteiger partial charge >= 0.3 is 0 Å². The minimum atomic E-state index is -0.611. The largest absolute Gasteiger partial charge is 0.293 e. The van der Waals surface area contributed by atoms with Gasteiger partial charge in [0.1, 0.15) is 6.54 Å². The first-order valence-corrected chi connectivity index (χ1v) is 8.20. The first-order chi connectivity index (χ1) is 12.1. The van der Waals surface area contributed by atoms with Gasteiger partial charge in [0.05, 0.1) is 17.8 Å². The summed E-state index contributed by atoms with van der Waals surface area (Å²) >= 11 is 3.31. The summed E-state index contributed by atoms with van der Waals surface area (Å²) in [6.45, 7) is -0.931. The van der Waals surface area contributed by atoms with Crippen LogP contribution in [0.2, 0.25) is 0 Å². The Hall–Kier alpha value is -2.68. The van der Waals surface area contributed by atoms with Gasteiger partial charge in [0.2, 0.25) is 11.9 Å². The molecule has 7 nitrogen and oxygen atoms in total. The summed E-state index contributed by atoms with van der Waals surface area (Å²) in [6.07, 6.45) is 3.03. The molecule has 0 fully saturated rings. The van der Waals surface area contributed by atoms with Gasteiger partial charge in [-0.15, -0.1) is 0 Å². The molecule has 2 heterocycles. The molecule has 0 bridgehead atoms. The number of alkyl halides is 1. The Bertz CT molecular complexity index is 977. The summed E-state index contributed by atoms with van der Waals surface area (Å²) in [5.41, 5.74) is -0.00333. The highest BCUT2D eigenvalue weighted by atomic mass is 79.9. The summed E-state index contributed by atoms with van der Waals surface area (Å²) in [7, 11) is 0. The fourth-order valence-corrected chi connectivity index (χ4v) is 2.74. The molecule has 1 amide bonds. The number of carbonyl (C=O) groups excluding carboxylic acids is 1. The molecule has 25 heavy (non-hydrogen) atoms. The maximum absolute atomic E-state index is 12.8. The van der Waals surface area contributed by atoms with E-state index in [1.165, 1.54) is 12.4 Å². The average molecular weight is 406 g/mol. The van der Waals surface area contributed by atoms with E-state index in [0.29, 0.717) is 20.9 Å². The summed E-state index contributed by atoms with van der Waals surface area (Å²) in [5.74, 6) is -0.366. The van der Waals surface area contributed by atoms with Crippen LogP contribution in [0.15, 0.2) is 45.9 Å². The second-order valence-corrected chi connectivity index (χ2v) is 6.07. The number of rotatable bonds is 5. The van der Waals surface area contributed by atoms with Crippen molar-refractivity contribution in [3.63, 3.8) is 0 Å². The summed E-state index contributed by atoms with van der Waals surface area (Å²) in [4.78, 5) is 32.5. The molecule has 0 saturated heterocycles. The summed E-state index contributed by atoms with van der Waals surface area (Å²) < 4.78 is 14.6. The summed E-state index contributed by atoms with van der Waals surface area (Å²) in [5, 5.41) is 7.58. The highest BCUT2D eigenvalue weighted by molar-refractivity contribution is 9.10. The van der Waals surface area contributed by atoms with Crippen LogP contribution in [0, 0.1) is 0 Å². The van der Waals surface area contributed by atoms with E-state index in [4.69, 9.17) is 0 Å². The molecule has 2 aromatic heterocycles. The van der Waals surface area contributed by atoms with Gasteiger partial charge in [0, 0.05) is 28.7 Å². The van der Waals surface area contributed by atoms with Gasteiger partial charge in [0.15, 0.2) is 0 Å². The highest BCUT2D eigenvalue weighted by Crippen LogP contribution is 2.19. The fraction of sp³-hybridized carbons (Fsp3) is 0.188. The van der Waals surface area contributed by atoms with Gasteiger partial charge in [-0.2, -0.15) is 5.10 Å². The van der Waals surface area contributed by atoms with E-state index >= 15 is 0 Å². The molecule has 0 saturated carbocycles. The number of carbonyl (C=O) groups is 1. The number of aryl methyl sites for hydroxylation is 1. The molecule has 128 valence electrons. The van der Waals surface area contributed by atoms with Crippen LogP contribution in [0.5, 0.6) is 0 Å². The lowest BCUT2D eigenvalue weighted by molar-refractivity contribution is -0.117. The zero-order valence-electron chi connectivity index (χ0n) is 12.9. The van der Waals surface area contributed by atoms with E-state index in [9.17, 15) is 14.0 Å². The smallest absolute Gasteiger partial charge is 0.275 e. The van der Waals surface area contributed by atoms with Crippen LogP contribution in [-0.2, 0) is 17.8 Å². The van der Waals surface area contributed by atoms with Gasteiger partial charge in [-0.05, 0) is 18.2 Å². The molecular formula is C16H13BrFN5O2. The van der Waals surface area contributed by atoms with E-state index < -0.39 is 18.1 Å². The molecule has 0 radical (unpaired) electrons. The first kappa shape index (κ1) is 17.2. The predicted octanol–water partition coefficient (Wildman–Crippen LogP) is 2.10. The van der Waals surface area contributed by atoms with Gasteiger partial charge in [-0.25, -0.2) is 14.6 Å². The SMILES string of the molecule is O=C(Cn1nc(CCF)c2ccc(Br)cc2c1=O)Nc1ncccn1. The molecule has 0 unspecified atom stereocenters. The molecule has 1 N–H and O–H groups in total. The van der Waals surface area contributed by atoms with Gasteiger partial charge in [-0.1, -0.05) is 22.0 Å². The van der Waals surface area contributed by atoms with Crippen LogP contribution in [0.4, 0.5) is 10.3 Å². The Labute approximate surface area is 150 Å². The van der Waals surface area contributed by atoms with E-state index in [0.717, 1.165) is 4.68 Å². The zero-order chi connectivity index (χ0) is 17.8. The standard InChI is InChI=1S/C16H13BrFN5O2/c17-10-2-3-11-12(8-10)15(25)23(22-13(11)4-5-18)9-14(24)21-16-19-6-1-7-20-16/h1-3,6-8H,4-5,9H2,(H,19,20,21,24). The van der Waals surface area contributed by atoms with Crippen LogP contribution in [0.25, 0.3) is 10.8 Å². The number of benzene rings is 1. The molecule has 3 aromatic rings. The second kappa shape index (κ2) is 7.47. The topological polar surface area (TPSA) is 89.8 Å². The summed E-state index contributed by atoms with van der Waals surface area (Å²) in [6, 6.07) is 6.72. The number of nitrogens with zero attached hydrogens (tertiary/aromatic N) is 4. The van der Waals surface area contributed by atoms with Gasteiger partial charge in [0.25, 0.3) is 5.56 Å². The third kappa shape index (κ3) is 3.87. The fourth-order valence-electron chi connectivity index (χ4n) is 2.37. The number of amides is 1. The van der Waals surface area contributed by atoms with Crippen molar-refractivity contribution in [2.45, 2.75) is 13.0 Å². The molecule has 0 aliphatic carbocycles. The second-order valence-electron chi connectivity index (χ2n) is 5.16. The first-order valence-electron chi connectivity index (χ1n) is 7.40. The Kier molecular flexibility index (Phi) is 5.13. The molecule has 0 atom stereocenters. The molecular weight excluding hydrogens is 393 g/mol. The number of fused-ring (bicyclic) bond motifs is 1. The van der Waals surface area contributed by atoms with Crippen LogP contribution in [-0.4, -0.2) is 32.3 Å².